The van der Waals surface area contributed by atoms with Gasteiger partial charge in [-0.25, -0.2) is 18.7 Å². The van der Waals surface area contributed by atoms with E-state index in [0.717, 1.165) is 5.56 Å². The van der Waals surface area contributed by atoms with Crippen molar-refractivity contribution in [3.63, 3.8) is 0 Å². The number of epoxide rings is 1. The molecule has 6 rings (SSSR count). The van der Waals surface area contributed by atoms with Crippen molar-refractivity contribution in [1.82, 2.24) is 19.5 Å². The Morgan fingerprint density at radius 3 is 2.67 bits per heavy atom. The second-order valence-electron chi connectivity index (χ2n) is 10.7. The zero-order valence-corrected chi connectivity index (χ0v) is 23.1. The van der Waals surface area contributed by atoms with Gasteiger partial charge in [-0.1, -0.05) is 37.6 Å². The number of halogens is 2. The van der Waals surface area contributed by atoms with Crippen molar-refractivity contribution < 1.29 is 13.9 Å². The fourth-order valence-corrected chi connectivity index (χ4v) is 5.92. The average molecular weight is 563 g/mol. The van der Waals surface area contributed by atoms with E-state index in [1.54, 1.807) is 30.5 Å². The maximum absolute atomic E-state index is 14.9. The Hall–Kier alpha value is -3.89. The Labute approximate surface area is 234 Å². The first-order chi connectivity index (χ1) is 19.1. The fourth-order valence-electron chi connectivity index (χ4n) is 5.67. The molecule has 1 unspecified atom stereocenters. The average Bonchev–Trinajstić information content (AvgIpc) is 3.59. The molecule has 40 heavy (non-hydrogen) atoms. The van der Waals surface area contributed by atoms with Crippen LogP contribution in [0.2, 0.25) is 5.02 Å². The largest absolute Gasteiger partial charge is 0.367 e. The molecule has 0 radical (unpaired) electrons. The van der Waals surface area contributed by atoms with Crippen LogP contribution in [-0.4, -0.2) is 50.7 Å². The molecule has 4 aromatic rings. The molecular formula is C29H28ClFN6O3. The Morgan fingerprint density at radius 2 is 2.00 bits per heavy atom. The molecule has 3 aromatic heterocycles. The van der Waals surface area contributed by atoms with Gasteiger partial charge < -0.3 is 15.4 Å². The zero-order valence-electron chi connectivity index (χ0n) is 22.3. The van der Waals surface area contributed by atoms with Crippen molar-refractivity contribution in [1.29, 1.82) is 0 Å². The van der Waals surface area contributed by atoms with E-state index in [4.69, 9.17) is 27.1 Å². The molecular weight excluding hydrogens is 535 g/mol. The number of nitrogens with two attached hydrogens (primary N) is 1. The number of ether oxygens (including phenoxy) is 1. The number of anilines is 1. The number of benzene rings is 1. The number of carbonyl (C=O) groups excluding carboxylic acids is 1. The van der Waals surface area contributed by atoms with Gasteiger partial charge in [0.05, 0.1) is 34.1 Å². The van der Waals surface area contributed by atoms with Gasteiger partial charge in [-0.05, 0) is 49.1 Å². The summed E-state index contributed by atoms with van der Waals surface area (Å²) in [7, 11) is 0. The minimum Gasteiger partial charge on any atom is -0.367 e. The van der Waals surface area contributed by atoms with Crippen LogP contribution in [0, 0.1) is 18.7 Å². The van der Waals surface area contributed by atoms with E-state index in [-0.39, 0.29) is 40.4 Å². The molecule has 2 N–H and O–H groups in total. The molecule has 1 aromatic carbocycles. The lowest BCUT2D eigenvalue weighted by Gasteiger charge is -2.23. The quantitative estimate of drug-likeness (QED) is 0.351. The van der Waals surface area contributed by atoms with Crippen LogP contribution in [0.25, 0.3) is 28.0 Å². The first-order valence-electron chi connectivity index (χ1n) is 13.1. The van der Waals surface area contributed by atoms with Gasteiger partial charge in [0, 0.05) is 30.8 Å². The molecule has 0 saturated carbocycles. The number of fused-ring (bicyclic) bond motifs is 1. The summed E-state index contributed by atoms with van der Waals surface area (Å²) in [5, 5.41) is 0.737. The lowest BCUT2D eigenvalue weighted by molar-refractivity contribution is -0.124. The van der Waals surface area contributed by atoms with Gasteiger partial charge in [0.1, 0.15) is 11.6 Å². The summed E-state index contributed by atoms with van der Waals surface area (Å²) in [6, 6.07) is 9.72. The summed E-state index contributed by atoms with van der Waals surface area (Å²) in [4.78, 5) is 41.8. The van der Waals surface area contributed by atoms with Crippen LogP contribution in [-0.2, 0) is 9.53 Å². The molecule has 9 nitrogen and oxygen atoms in total. The number of aryl methyl sites for hydroxylation is 1. The predicted octanol–water partition coefficient (Wildman–Crippen LogP) is 4.15. The number of hydrogen-bond donors (Lipinski definition) is 1. The number of amides is 1. The van der Waals surface area contributed by atoms with Gasteiger partial charge in [0.2, 0.25) is 0 Å². The predicted molar refractivity (Wildman–Crippen MR) is 150 cm³/mol. The zero-order chi connectivity index (χ0) is 28.3. The van der Waals surface area contributed by atoms with Crippen molar-refractivity contribution in [2.24, 2.45) is 11.7 Å². The molecule has 2 saturated heterocycles. The summed E-state index contributed by atoms with van der Waals surface area (Å²) in [5.41, 5.74) is 6.92. The molecule has 1 amide bonds. The van der Waals surface area contributed by atoms with Crippen LogP contribution < -0.4 is 16.3 Å². The van der Waals surface area contributed by atoms with E-state index >= 15 is 0 Å². The molecule has 0 aliphatic carbocycles. The van der Waals surface area contributed by atoms with Crippen LogP contribution in [0.1, 0.15) is 37.4 Å². The number of hydrogen-bond acceptors (Lipinski definition) is 7. The summed E-state index contributed by atoms with van der Waals surface area (Å²) in [6.45, 7) is 7.12. The van der Waals surface area contributed by atoms with E-state index < -0.39 is 23.0 Å². The standard InChI is InChI=1S/C29H28ClFN6O3/c1-15(2)22-24(16(3)8-10-33-22)37-26-19(12-20(30)23(34-26)18-6-4-5-7-21(18)31)25(35-28(37)39)36-11-9-17(13-36)29(14-40-29)27(32)38/h4-8,10,12,15,17H,9,11,13-14H2,1-3H3,(H2,32,38)/t17-,29?/m0/s1. The fraction of sp³-hybridized carbons (Fsp3) is 0.345. The van der Waals surface area contributed by atoms with Gasteiger partial charge in [-0.2, -0.15) is 4.98 Å². The summed E-state index contributed by atoms with van der Waals surface area (Å²) in [5.74, 6) is -0.721. The molecule has 2 fully saturated rings. The van der Waals surface area contributed by atoms with Gasteiger partial charge in [-0.15, -0.1) is 0 Å². The highest BCUT2D eigenvalue weighted by Crippen LogP contribution is 2.42. The normalized spacial score (nSPS) is 20.4. The molecule has 2 aliphatic heterocycles. The third-order valence-electron chi connectivity index (χ3n) is 7.87. The Morgan fingerprint density at radius 1 is 1.25 bits per heavy atom. The van der Waals surface area contributed by atoms with E-state index in [9.17, 15) is 14.0 Å². The topological polar surface area (TPSA) is 120 Å². The van der Waals surface area contributed by atoms with Crippen LogP contribution in [0.3, 0.4) is 0 Å². The lowest BCUT2D eigenvalue weighted by atomic mass is 9.91. The van der Waals surface area contributed by atoms with Crippen molar-refractivity contribution >= 4 is 34.4 Å². The minimum absolute atomic E-state index is 0.00210. The van der Waals surface area contributed by atoms with Gasteiger partial charge in [-0.3, -0.25) is 9.78 Å². The summed E-state index contributed by atoms with van der Waals surface area (Å²) < 4.78 is 21.8. The Balaban J connectivity index is 1.61. The number of primary amides is 1. The maximum atomic E-state index is 14.9. The molecule has 2 aliphatic rings. The number of carbonyl (C=O) groups is 1. The molecule has 2 atom stereocenters. The minimum atomic E-state index is -0.980. The van der Waals surface area contributed by atoms with Crippen molar-refractivity contribution in [3.05, 3.63) is 75.2 Å². The highest BCUT2D eigenvalue weighted by molar-refractivity contribution is 6.33. The van der Waals surface area contributed by atoms with Crippen LogP contribution in [0.5, 0.6) is 0 Å². The van der Waals surface area contributed by atoms with Crippen molar-refractivity contribution in [3.8, 4) is 16.9 Å². The summed E-state index contributed by atoms with van der Waals surface area (Å²) in [6.07, 6.45) is 2.35. The van der Waals surface area contributed by atoms with Crippen LogP contribution in [0.4, 0.5) is 10.2 Å². The number of pyridine rings is 2. The van der Waals surface area contributed by atoms with Crippen LogP contribution >= 0.6 is 11.6 Å². The highest BCUT2D eigenvalue weighted by atomic mass is 35.5. The first kappa shape index (κ1) is 26.3. The SMILES string of the molecule is Cc1ccnc(C(C)C)c1-n1c(=O)nc(N2CC[C@H](C3(C(N)=O)CO3)C2)c2cc(Cl)c(-c3ccccc3F)nc21. The smallest absolute Gasteiger partial charge is 0.355 e. The van der Waals surface area contributed by atoms with E-state index in [1.807, 2.05) is 31.7 Å². The first-order valence-corrected chi connectivity index (χ1v) is 13.5. The molecule has 206 valence electrons. The van der Waals surface area contributed by atoms with Crippen molar-refractivity contribution in [2.75, 3.05) is 24.6 Å². The van der Waals surface area contributed by atoms with Gasteiger partial charge in [0.25, 0.3) is 5.91 Å². The van der Waals surface area contributed by atoms with E-state index in [2.05, 4.69) is 9.97 Å². The van der Waals surface area contributed by atoms with Crippen LogP contribution in [0.15, 0.2) is 47.4 Å². The van der Waals surface area contributed by atoms with E-state index in [0.29, 0.717) is 42.1 Å². The summed E-state index contributed by atoms with van der Waals surface area (Å²) >= 11 is 6.74. The Bertz CT molecular complexity index is 1740. The number of rotatable bonds is 6. The second kappa shape index (κ2) is 9.64. The lowest BCUT2D eigenvalue weighted by Crippen LogP contribution is -2.40. The number of nitrogens with zero attached hydrogens (tertiary/aromatic N) is 5. The van der Waals surface area contributed by atoms with Crippen molar-refractivity contribution in [2.45, 2.75) is 38.7 Å². The highest BCUT2D eigenvalue weighted by Gasteiger charge is 2.58. The molecule has 0 spiro atoms. The maximum Gasteiger partial charge on any atom is 0.355 e. The third-order valence-corrected chi connectivity index (χ3v) is 8.16. The second-order valence-corrected chi connectivity index (χ2v) is 11.1. The Kier molecular flexibility index (Phi) is 6.35. The van der Waals surface area contributed by atoms with Gasteiger partial charge >= 0.3 is 5.69 Å². The monoisotopic (exact) mass is 562 g/mol. The molecule has 5 heterocycles. The van der Waals surface area contributed by atoms with E-state index in [1.165, 1.54) is 10.6 Å². The van der Waals surface area contributed by atoms with Gasteiger partial charge in [0.15, 0.2) is 11.2 Å². The molecule has 11 heteroatoms. The number of aromatic nitrogens is 4. The molecule has 0 bridgehead atoms. The third kappa shape index (κ3) is 4.13.